The summed E-state index contributed by atoms with van der Waals surface area (Å²) in [5.74, 6) is 0. The first-order valence-electron chi connectivity index (χ1n) is 19.4. The summed E-state index contributed by atoms with van der Waals surface area (Å²) >= 11 is 0. The normalized spacial score (nSPS) is 12.8. The number of benzene rings is 7. The Labute approximate surface area is 331 Å². The summed E-state index contributed by atoms with van der Waals surface area (Å²) < 4.78 is 14.8. The molecule has 7 aromatic carbocycles. The van der Waals surface area contributed by atoms with Crippen molar-refractivity contribution in [2.45, 2.75) is 27.7 Å². The zero-order chi connectivity index (χ0) is 38.9. The largest absolute Gasteiger partial charge is 0.456 e. The molecule has 0 fully saturated rings. The number of fused-ring (bicyclic) bond motifs is 7. The van der Waals surface area contributed by atoms with Crippen LogP contribution < -0.4 is 10.6 Å². The second kappa shape index (κ2) is 15.2. The summed E-state index contributed by atoms with van der Waals surface area (Å²) in [7, 11) is 0. The molecule has 0 aliphatic rings. The molecule has 10 rings (SSSR count). The number of rotatable bonds is 5. The van der Waals surface area contributed by atoms with Crippen LogP contribution in [0.15, 0.2) is 184 Å². The topological polar surface area (TPSA) is 43.6 Å². The number of nitrogens with zero attached hydrogens (tertiary/aromatic N) is 2. The first-order chi connectivity index (χ1) is 28.0. The van der Waals surface area contributed by atoms with Gasteiger partial charge in [-0.05, 0) is 111 Å². The molecule has 0 saturated heterocycles. The number of para-hydroxylation sites is 3. The number of hydrogen-bond donors (Lipinski definition) is 0. The molecule has 3 aromatic heterocycles. The van der Waals surface area contributed by atoms with E-state index in [0.717, 1.165) is 71.7 Å². The maximum Gasteiger partial charge on any atom is 0.137 e. The van der Waals surface area contributed by atoms with E-state index in [1.165, 1.54) is 33.0 Å². The van der Waals surface area contributed by atoms with Gasteiger partial charge in [-0.2, -0.15) is 0 Å². The van der Waals surface area contributed by atoms with Gasteiger partial charge < -0.3 is 13.4 Å². The highest BCUT2D eigenvalue weighted by atomic mass is 16.3. The Balaban J connectivity index is 0.000000222. The molecule has 0 atom stereocenters. The van der Waals surface area contributed by atoms with Gasteiger partial charge in [-0.1, -0.05) is 115 Å². The Morgan fingerprint density at radius 1 is 0.561 bits per heavy atom. The van der Waals surface area contributed by atoms with Crippen molar-refractivity contribution in [2.75, 3.05) is 0 Å². The molecule has 0 unspecified atom stereocenters. The van der Waals surface area contributed by atoms with Crippen LogP contribution >= 0.6 is 0 Å². The number of allylic oxidation sites excluding steroid dienone is 2. The molecule has 0 radical (unpaired) electrons. The van der Waals surface area contributed by atoms with E-state index in [1.807, 2.05) is 80.6 Å². The third-order valence-electron chi connectivity index (χ3n) is 10.7. The van der Waals surface area contributed by atoms with Crippen molar-refractivity contribution in [1.82, 2.24) is 4.57 Å². The quantitative estimate of drug-likeness (QED) is 0.165. The van der Waals surface area contributed by atoms with Crippen molar-refractivity contribution >= 4 is 78.3 Å². The van der Waals surface area contributed by atoms with Crippen molar-refractivity contribution in [1.29, 1.82) is 0 Å². The van der Waals surface area contributed by atoms with Gasteiger partial charge >= 0.3 is 0 Å². The van der Waals surface area contributed by atoms with Crippen LogP contribution in [-0.4, -0.2) is 10.3 Å². The SMILES string of the molecule is CC(=Nc1ccccc1C)c1ccccc1.CC=c1/c(=C\C=C/C)oc2ccc(-c3ccc4c(c3)c3cc5c(cc3n4-c3ccccc3)oc3ccccc35)cc12. The molecular formula is C53H42N2O2. The molecule has 57 heavy (non-hydrogen) atoms. The minimum Gasteiger partial charge on any atom is -0.456 e. The summed E-state index contributed by atoms with van der Waals surface area (Å²) in [4.78, 5) is 4.65. The molecule has 4 nitrogen and oxygen atoms in total. The number of hydrogen-bond acceptors (Lipinski definition) is 3. The first kappa shape index (κ1) is 35.5. The van der Waals surface area contributed by atoms with E-state index in [0.29, 0.717) is 0 Å². The van der Waals surface area contributed by atoms with Gasteiger partial charge in [0.25, 0.3) is 0 Å². The smallest absolute Gasteiger partial charge is 0.137 e. The second-order valence-electron chi connectivity index (χ2n) is 14.3. The fourth-order valence-electron chi connectivity index (χ4n) is 7.81. The number of aromatic nitrogens is 1. The molecule has 0 amide bonds. The standard InChI is InChI=1S/C38H27NO2.C15H15N/c1-3-5-14-35-27(4-2)31-21-25(17-19-37(31)40-35)24-16-18-33-29(20-24)30-22-32-28-13-9-10-15-36(28)41-38(32)23-34(30)39(33)26-11-7-6-8-12-26;1-12-8-6-7-11-15(12)16-13(2)14-9-4-3-5-10-14/h3-23H,1-2H3;3-11H,1-2H3/b5-3-,27-4?,35-14+;. The van der Waals surface area contributed by atoms with Crippen LogP contribution in [0.1, 0.15) is 31.9 Å². The van der Waals surface area contributed by atoms with Crippen LogP contribution in [0.25, 0.3) is 83.7 Å². The summed E-state index contributed by atoms with van der Waals surface area (Å²) in [5.41, 5.74) is 13.8. The van der Waals surface area contributed by atoms with Crippen molar-refractivity contribution in [3.63, 3.8) is 0 Å². The fraction of sp³-hybridized carbons (Fsp3) is 0.0755. The number of furan rings is 2. The lowest BCUT2D eigenvalue weighted by Crippen LogP contribution is -2.18. The van der Waals surface area contributed by atoms with Gasteiger partial charge in [0, 0.05) is 49.6 Å². The first-order valence-corrected chi connectivity index (χ1v) is 19.4. The maximum absolute atomic E-state index is 6.30. The summed E-state index contributed by atoms with van der Waals surface area (Å²) in [6.07, 6.45) is 8.18. The third-order valence-corrected chi connectivity index (χ3v) is 10.7. The van der Waals surface area contributed by atoms with Crippen LogP contribution in [0.2, 0.25) is 0 Å². The van der Waals surface area contributed by atoms with Crippen LogP contribution in [-0.2, 0) is 0 Å². The number of aryl methyl sites for hydroxylation is 1. The second-order valence-corrected chi connectivity index (χ2v) is 14.3. The van der Waals surface area contributed by atoms with Crippen LogP contribution in [0, 0.1) is 6.92 Å². The molecule has 0 aliphatic carbocycles. The van der Waals surface area contributed by atoms with E-state index < -0.39 is 0 Å². The molecule has 10 aromatic rings. The van der Waals surface area contributed by atoms with E-state index in [4.69, 9.17) is 8.83 Å². The third kappa shape index (κ3) is 6.66. The lowest BCUT2D eigenvalue weighted by Gasteiger charge is -2.08. The Morgan fingerprint density at radius 2 is 1.23 bits per heavy atom. The van der Waals surface area contributed by atoms with Gasteiger partial charge in [-0.3, -0.25) is 4.99 Å². The highest BCUT2D eigenvalue weighted by Crippen LogP contribution is 2.39. The molecule has 3 heterocycles. The average molecular weight is 739 g/mol. The minimum absolute atomic E-state index is 0.885. The predicted molar refractivity (Wildman–Crippen MR) is 241 cm³/mol. The van der Waals surface area contributed by atoms with E-state index >= 15 is 0 Å². The van der Waals surface area contributed by atoms with E-state index in [2.05, 4.69) is 139 Å². The molecule has 4 heteroatoms. The van der Waals surface area contributed by atoms with Crippen LogP contribution in [0.4, 0.5) is 5.69 Å². The molecule has 276 valence electrons. The predicted octanol–water partition coefficient (Wildman–Crippen LogP) is 13.4. The highest BCUT2D eigenvalue weighted by Gasteiger charge is 2.17. The van der Waals surface area contributed by atoms with E-state index in [-0.39, 0.29) is 0 Å². The van der Waals surface area contributed by atoms with Crippen molar-refractivity contribution in [3.05, 3.63) is 192 Å². The monoisotopic (exact) mass is 738 g/mol. The Kier molecular flexibility index (Phi) is 9.45. The summed E-state index contributed by atoms with van der Waals surface area (Å²) in [5, 5.41) is 6.94. The summed E-state index contributed by atoms with van der Waals surface area (Å²) in [6.45, 7) is 8.20. The Morgan fingerprint density at radius 3 is 2.00 bits per heavy atom. The Bertz CT molecular complexity index is 3270. The number of aliphatic imine (C=N–C) groups is 1. The molecular weight excluding hydrogens is 697 g/mol. The van der Waals surface area contributed by atoms with E-state index in [9.17, 15) is 0 Å². The summed E-state index contributed by atoms with van der Waals surface area (Å²) in [6, 6.07) is 55.0. The molecule has 0 bridgehead atoms. The van der Waals surface area contributed by atoms with Gasteiger partial charge in [0.1, 0.15) is 22.2 Å². The van der Waals surface area contributed by atoms with Gasteiger partial charge in [0.15, 0.2) is 0 Å². The molecule has 0 N–H and O–H groups in total. The van der Waals surface area contributed by atoms with Crippen molar-refractivity contribution < 1.29 is 8.83 Å². The molecule has 0 aliphatic heterocycles. The zero-order valence-electron chi connectivity index (χ0n) is 32.5. The highest BCUT2D eigenvalue weighted by molar-refractivity contribution is 6.18. The lowest BCUT2D eigenvalue weighted by molar-refractivity contribution is 0.575. The van der Waals surface area contributed by atoms with Gasteiger partial charge in [0.2, 0.25) is 0 Å². The van der Waals surface area contributed by atoms with Gasteiger partial charge in [0.05, 0.1) is 16.7 Å². The fourth-order valence-corrected chi connectivity index (χ4v) is 7.81. The minimum atomic E-state index is 0.885. The van der Waals surface area contributed by atoms with E-state index in [1.54, 1.807) is 0 Å². The van der Waals surface area contributed by atoms with Gasteiger partial charge in [-0.15, -0.1) is 0 Å². The zero-order valence-corrected chi connectivity index (χ0v) is 32.5. The molecule has 0 spiro atoms. The molecule has 0 saturated carbocycles. The maximum atomic E-state index is 6.30. The van der Waals surface area contributed by atoms with Gasteiger partial charge in [-0.25, -0.2) is 0 Å². The Hall–Kier alpha value is -7.17. The van der Waals surface area contributed by atoms with Crippen molar-refractivity contribution in [3.8, 4) is 16.8 Å². The van der Waals surface area contributed by atoms with Crippen LogP contribution in [0.3, 0.4) is 0 Å². The lowest BCUT2D eigenvalue weighted by atomic mass is 10.0. The average Bonchev–Trinajstić information content (AvgIpc) is 3.91. The van der Waals surface area contributed by atoms with Crippen molar-refractivity contribution in [2.24, 2.45) is 4.99 Å². The van der Waals surface area contributed by atoms with Crippen LogP contribution in [0.5, 0.6) is 0 Å².